The summed E-state index contributed by atoms with van der Waals surface area (Å²) in [5, 5.41) is 2.93. The van der Waals surface area contributed by atoms with E-state index in [9.17, 15) is 4.79 Å². The predicted octanol–water partition coefficient (Wildman–Crippen LogP) is 1.54. The standard InChI is InChI=1S/C13H16N2O3/c1-15-8-10(14-13(15)16)9-3-4-11-12(7-9)18-6-2-5-17-11/h3-4,7,10H,2,5-6,8H2,1H3,(H,14,16). The summed E-state index contributed by atoms with van der Waals surface area (Å²) >= 11 is 0. The first-order valence-corrected chi connectivity index (χ1v) is 6.15. The minimum Gasteiger partial charge on any atom is -0.490 e. The smallest absolute Gasteiger partial charge is 0.317 e. The van der Waals surface area contributed by atoms with Crippen LogP contribution in [-0.4, -0.2) is 37.7 Å². The molecule has 1 saturated heterocycles. The number of carbonyl (C=O) groups excluding carboxylic acids is 1. The van der Waals surface area contributed by atoms with Crippen molar-refractivity contribution in [2.45, 2.75) is 12.5 Å². The minimum absolute atomic E-state index is 0.0275. The third-order valence-corrected chi connectivity index (χ3v) is 3.27. The lowest BCUT2D eigenvalue weighted by Crippen LogP contribution is -2.23. The van der Waals surface area contributed by atoms with E-state index in [0.717, 1.165) is 23.5 Å². The summed E-state index contributed by atoms with van der Waals surface area (Å²) in [7, 11) is 1.79. The number of fused-ring (bicyclic) bond motifs is 1. The minimum atomic E-state index is -0.0351. The van der Waals surface area contributed by atoms with Crippen LogP contribution in [-0.2, 0) is 0 Å². The lowest BCUT2D eigenvalue weighted by Gasteiger charge is -2.13. The van der Waals surface area contributed by atoms with E-state index in [2.05, 4.69) is 5.32 Å². The van der Waals surface area contributed by atoms with Gasteiger partial charge in [0.1, 0.15) is 0 Å². The van der Waals surface area contributed by atoms with Gasteiger partial charge in [-0.1, -0.05) is 6.07 Å². The van der Waals surface area contributed by atoms with E-state index < -0.39 is 0 Å². The fraction of sp³-hybridized carbons (Fsp3) is 0.462. The van der Waals surface area contributed by atoms with Gasteiger partial charge >= 0.3 is 6.03 Å². The van der Waals surface area contributed by atoms with E-state index in [4.69, 9.17) is 9.47 Å². The van der Waals surface area contributed by atoms with Crippen molar-refractivity contribution >= 4 is 6.03 Å². The first-order chi connectivity index (χ1) is 8.74. The van der Waals surface area contributed by atoms with Gasteiger partial charge in [0.15, 0.2) is 11.5 Å². The highest BCUT2D eigenvalue weighted by Crippen LogP contribution is 2.33. The number of hydrogen-bond acceptors (Lipinski definition) is 3. The van der Waals surface area contributed by atoms with Gasteiger partial charge in [-0.2, -0.15) is 0 Å². The summed E-state index contributed by atoms with van der Waals surface area (Å²) in [5.74, 6) is 1.56. The number of hydrogen-bond donors (Lipinski definition) is 1. The zero-order chi connectivity index (χ0) is 12.5. The fourth-order valence-electron chi connectivity index (χ4n) is 2.25. The molecular weight excluding hydrogens is 232 g/mol. The zero-order valence-electron chi connectivity index (χ0n) is 10.3. The first kappa shape index (κ1) is 11.2. The number of carbonyl (C=O) groups is 1. The highest BCUT2D eigenvalue weighted by molar-refractivity contribution is 5.77. The summed E-state index contributed by atoms with van der Waals surface area (Å²) in [6, 6.07) is 5.86. The molecule has 1 fully saturated rings. The third kappa shape index (κ3) is 1.96. The van der Waals surface area contributed by atoms with E-state index >= 15 is 0 Å². The molecule has 18 heavy (non-hydrogen) atoms. The Balaban J connectivity index is 1.86. The molecule has 0 spiro atoms. The topological polar surface area (TPSA) is 50.8 Å². The number of likely N-dealkylation sites (N-methyl/N-ethyl adjacent to an activating group) is 1. The van der Waals surface area contributed by atoms with Crippen LogP contribution in [0.1, 0.15) is 18.0 Å². The van der Waals surface area contributed by atoms with Crippen molar-refractivity contribution in [1.82, 2.24) is 10.2 Å². The summed E-state index contributed by atoms with van der Waals surface area (Å²) in [4.78, 5) is 13.1. The van der Waals surface area contributed by atoms with Crippen molar-refractivity contribution in [2.75, 3.05) is 26.8 Å². The Morgan fingerprint density at radius 2 is 2.06 bits per heavy atom. The third-order valence-electron chi connectivity index (χ3n) is 3.27. The number of nitrogens with zero attached hydrogens (tertiary/aromatic N) is 1. The molecule has 1 unspecified atom stereocenters. The molecule has 0 saturated carbocycles. The number of amides is 2. The van der Waals surface area contributed by atoms with Crippen LogP contribution in [0.15, 0.2) is 18.2 Å². The Morgan fingerprint density at radius 1 is 1.28 bits per heavy atom. The van der Waals surface area contributed by atoms with Gasteiger partial charge < -0.3 is 19.7 Å². The van der Waals surface area contributed by atoms with Crippen molar-refractivity contribution < 1.29 is 14.3 Å². The van der Waals surface area contributed by atoms with Crippen LogP contribution in [0.2, 0.25) is 0 Å². The summed E-state index contributed by atoms with van der Waals surface area (Å²) in [6.45, 7) is 2.04. The number of benzene rings is 1. The molecule has 5 nitrogen and oxygen atoms in total. The largest absolute Gasteiger partial charge is 0.490 e. The molecule has 1 aromatic rings. The lowest BCUT2D eigenvalue weighted by molar-refractivity contribution is 0.226. The molecule has 96 valence electrons. The maximum atomic E-state index is 11.5. The monoisotopic (exact) mass is 248 g/mol. The lowest BCUT2D eigenvalue weighted by atomic mass is 10.1. The number of ether oxygens (including phenoxy) is 2. The summed E-state index contributed by atoms with van der Waals surface area (Å²) in [6.07, 6.45) is 0.896. The Bertz CT molecular complexity index is 475. The maximum Gasteiger partial charge on any atom is 0.317 e. The molecular formula is C13H16N2O3. The van der Waals surface area contributed by atoms with Gasteiger partial charge in [-0.25, -0.2) is 4.79 Å². The molecule has 2 amide bonds. The van der Waals surface area contributed by atoms with E-state index in [1.165, 1.54) is 0 Å². The molecule has 0 aliphatic carbocycles. The van der Waals surface area contributed by atoms with Gasteiger partial charge in [0.25, 0.3) is 0 Å². The number of urea groups is 1. The molecule has 2 heterocycles. The second-order valence-corrected chi connectivity index (χ2v) is 4.64. The Hall–Kier alpha value is -1.91. The molecule has 5 heteroatoms. The fourth-order valence-corrected chi connectivity index (χ4v) is 2.25. The van der Waals surface area contributed by atoms with Gasteiger partial charge in [0, 0.05) is 20.0 Å². The van der Waals surface area contributed by atoms with Gasteiger partial charge in [-0.15, -0.1) is 0 Å². The molecule has 3 rings (SSSR count). The molecule has 2 aliphatic rings. The second-order valence-electron chi connectivity index (χ2n) is 4.64. The first-order valence-electron chi connectivity index (χ1n) is 6.15. The highest BCUT2D eigenvalue weighted by Gasteiger charge is 2.27. The van der Waals surface area contributed by atoms with Crippen LogP contribution in [0.25, 0.3) is 0 Å². The Labute approximate surface area is 106 Å². The van der Waals surface area contributed by atoms with E-state index in [-0.39, 0.29) is 12.1 Å². The van der Waals surface area contributed by atoms with Crippen molar-refractivity contribution in [3.63, 3.8) is 0 Å². The second kappa shape index (κ2) is 4.40. The van der Waals surface area contributed by atoms with Gasteiger partial charge in [-0.3, -0.25) is 0 Å². The summed E-state index contributed by atoms with van der Waals surface area (Å²) < 4.78 is 11.2. The molecule has 0 aromatic heterocycles. The van der Waals surface area contributed by atoms with Crippen LogP contribution in [0.3, 0.4) is 0 Å². The van der Waals surface area contributed by atoms with Crippen LogP contribution in [0, 0.1) is 0 Å². The van der Waals surface area contributed by atoms with E-state index in [0.29, 0.717) is 19.8 Å². The summed E-state index contributed by atoms with van der Waals surface area (Å²) in [5.41, 5.74) is 1.05. The van der Waals surface area contributed by atoms with Crippen LogP contribution >= 0.6 is 0 Å². The number of rotatable bonds is 1. The zero-order valence-corrected chi connectivity index (χ0v) is 10.3. The van der Waals surface area contributed by atoms with Gasteiger partial charge in [0.2, 0.25) is 0 Å². The normalized spacial score (nSPS) is 22.6. The molecule has 1 aromatic carbocycles. The SMILES string of the molecule is CN1CC(c2ccc3c(c2)OCCCO3)NC1=O. The highest BCUT2D eigenvalue weighted by atomic mass is 16.5. The molecule has 1 N–H and O–H groups in total. The Morgan fingerprint density at radius 3 is 2.78 bits per heavy atom. The van der Waals surface area contributed by atoms with E-state index in [1.807, 2.05) is 18.2 Å². The quantitative estimate of drug-likeness (QED) is 0.820. The Kier molecular flexibility index (Phi) is 2.74. The van der Waals surface area contributed by atoms with Crippen molar-refractivity contribution in [2.24, 2.45) is 0 Å². The van der Waals surface area contributed by atoms with Crippen LogP contribution in [0.5, 0.6) is 11.5 Å². The van der Waals surface area contributed by atoms with Gasteiger partial charge in [-0.05, 0) is 17.7 Å². The molecule has 1 atom stereocenters. The van der Waals surface area contributed by atoms with Crippen molar-refractivity contribution in [3.8, 4) is 11.5 Å². The van der Waals surface area contributed by atoms with Crippen LogP contribution in [0.4, 0.5) is 4.79 Å². The van der Waals surface area contributed by atoms with Crippen molar-refractivity contribution in [3.05, 3.63) is 23.8 Å². The van der Waals surface area contributed by atoms with Gasteiger partial charge in [0.05, 0.1) is 19.3 Å². The predicted molar refractivity (Wildman–Crippen MR) is 66.0 cm³/mol. The van der Waals surface area contributed by atoms with Crippen molar-refractivity contribution in [1.29, 1.82) is 0 Å². The number of nitrogens with one attached hydrogen (secondary N) is 1. The van der Waals surface area contributed by atoms with E-state index in [1.54, 1.807) is 11.9 Å². The molecule has 2 aliphatic heterocycles. The average molecular weight is 248 g/mol. The van der Waals surface area contributed by atoms with Crippen LogP contribution < -0.4 is 14.8 Å². The maximum absolute atomic E-state index is 11.5. The average Bonchev–Trinajstić information content (AvgIpc) is 2.60. The molecule has 0 radical (unpaired) electrons. The molecule has 0 bridgehead atoms.